The number of hydrogen-bond donors (Lipinski definition) is 1. The Morgan fingerprint density at radius 2 is 1.77 bits per heavy atom. The SMILES string of the molecule is CCC(C)(C)C(=O)OC1C[C@@H](C)[C@H](O)[C@]2(Br)CC[C@H](C)[C@H](CC[C@@H]3C[C@@H](O[Si](C)(C)C(C)(C)C)CC(=O)O3)[C@H]12. The fraction of sp³-hybridized carbons (Fsp3) is 0.935. The Morgan fingerprint density at radius 3 is 2.36 bits per heavy atom. The van der Waals surface area contributed by atoms with E-state index >= 15 is 0 Å². The number of cyclic esters (lactones) is 1. The van der Waals surface area contributed by atoms with Crippen LogP contribution >= 0.6 is 15.9 Å². The zero-order valence-electron chi connectivity index (χ0n) is 26.1. The molecule has 2 saturated carbocycles. The molecule has 0 aromatic heterocycles. The molecule has 3 rings (SSSR count). The topological polar surface area (TPSA) is 82.1 Å². The average Bonchev–Trinajstić information content (AvgIpc) is 2.81. The Kier molecular flexibility index (Phi) is 10.2. The summed E-state index contributed by atoms with van der Waals surface area (Å²) in [4.78, 5) is 25.8. The van der Waals surface area contributed by atoms with Crippen LogP contribution in [0, 0.1) is 29.1 Å². The van der Waals surface area contributed by atoms with Gasteiger partial charge in [-0.25, -0.2) is 0 Å². The van der Waals surface area contributed by atoms with Gasteiger partial charge in [0.25, 0.3) is 0 Å². The van der Waals surface area contributed by atoms with Gasteiger partial charge in [0.2, 0.25) is 0 Å². The minimum atomic E-state index is -2.00. The number of ether oxygens (including phenoxy) is 2. The number of aliphatic hydroxyl groups is 1. The smallest absolute Gasteiger partial charge is 0.311 e. The first kappa shape index (κ1) is 33.1. The maximum Gasteiger partial charge on any atom is 0.311 e. The van der Waals surface area contributed by atoms with Crippen molar-refractivity contribution in [3.05, 3.63) is 0 Å². The Hall–Kier alpha value is -0.443. The number of aliphatic hydroxyl groups excluding tert-OH is 1. The fourth-order valence-corrected chi connectivity index (χ4v) is 9.37. The van der Waals surface area contributed by atoms with E-state index in [1.165, 1.54) is 0 Å². The molecular weight excluding hydrogens is 576 g/mol. The van der Waals surface area contributed by atoms with E-state index < -0.39 is 24.2 Å². The summed E-state index contributed by atoms with van der Waals surface area (Å²) >= 11 is 4.04. The molecule has 6 nitrogen and oxygen atoms in total. The molecule has 0 aromatic rings. The zero-order valence-corrected chi connectivity index (χ0v) is 28.7. The van der Waals surface area contributed by atoms with Gasteiger partial charge in [-0.2, -0.15) is 0 Å². The zero-order chi connectivity index (χ0) is 29.6. The van der Waals surface area contributed by atoms with Crippen LogP contribution in [0.5, 0.6) is 0 Å². The molecule has 9 atom stereocenters. The molecule has 1 N–H and O–H groups in total. The van der Waals surface area contributed by atoms with E-state index in [2.05, 4.69) is 63.6 Å². The van der Waals surface area contributed by atoms with Crippen LogP contribution in [0.4, 0.5) is 0 Å². The van der Waals surface area contributed by atoms with Crippen molar-refractivity contribution in [2.75, 3.05) is 0 Å². The summed E-state index contributed by atoms with van der Waals surface area (Å²) in [5.74, 6) is 0.366. The van der Waals surface area contributed by atoms with Crippen LogP contribution in [0.15, 0.2) is 0 Å². The molecule has 0 radical (unpaired) electrons. The predicted octanol–water partition coefficient (Wildman–Crippen LogP) is 7.41. The molecule has 1 saturated heterocycles. The molecule has 2 aliphatic carbocycles. The summed E-state index contributed by atoms with van der Waals surface area (Å²) in [6.45, 7) is 21.4. The number of hydrogen-bond acceptors (Lipinski definition) is 6. The highest BCUT2D eigenvalue weighted by molar-refractivity contribution is 9.10. The number of fused-ring (bicyclic) bond motifs is 1. The first-order chi connectivity index (χ1) is 17.8. The third-order valence-corrected chi connectivity index (χ3v) is 16.7. The quantitative estimate of drug-likeness (QED) is 0.171. The van der Waals surface area contributed by atoms with Gasteiger partial charge in [-0.3, -0.25) is 9.59 Å². The molecule has 1 heterocycles. The van der Waals surface area contributed by atoms with Crippen LogP contribution < -0.4 is 0 Å². The molecule has 8 heteroatoms. The lowest BCUT2D eigenvalue weighted by Crippen LogP contribution is -2.62. The molecule has 1 aliphatic heterocycles. The van der Waals surface area contributed by atoms with Crippen LogP contribution in [0.2, 0.25) is 18.1 Å². The van der Waals surface area contributed by atoms with Gasteiger partial charge in [0.15, 0.2) is 8.32 Å². The summed E-state index contributed by atoms with van der Waals surface area (Å²) in [5, 5.41) is 11.5. The van der Waals surface area contributed by atoms with Crippen LogP contribution in [0.3, 0.4) is 0 Å². The number of alkyl halides is 1. The lowest BCUT2D eigenvalue weighted by atomic mass is 9.56. The van der Waals surface area contributed by atoms with Gasteiger partial charge < -0.3 is 19.0 Å². The van der Waals surface area contributed by atoms with Crippen molar-refractivity contribution in [3.63, 3.8) is 0 Å². The van der Waals surface area contributed by atoms with E-state index in [0.717, 1.165) is 32.1 Å². The van der Waals surface area contributed by atoms with Crippen molar-refractivity contribution in [3.8, 4) is 0 Å². The molecular formula is C31H55BrO6Si. The average molecular weight is 632 g/mol. The fourth-order valence-electron chi connectivity index (χ4n) is 6.69. The largest absolute Gasteiger partial charge is 0.462 e. The van der Waals surface area contributed by atoms with Gasteiger partial charge in [-0.05, 0) is 88.3 Å². The first-order valence-electron chi connectivity index (χ1n) is 15.3. The van der Waals surface area contributed by atoms with Crippen molar-refractivity contribution in [1.82, 2.24) is 0 Å². The number of carbonyl (C=O) groups is 2. The second-order valence-electron chi connectivity index (χ2n) is 15.1. The molecule has 1 unspecified atom stereocenters. The Labute approximate surface area is 246 Å². The predicted molar refractivity (Wildman–Crippen MR) is 161 cm³/mol. The monoisotopic (exact) mass is 630 g/mol. The molecule has 3 fully saturated rings. The van der Waals surface area contributed by atoms with Gasteiger partial charge in [-0.1, -0.05) is 57.5 Å². The molecule has 3 aliphatic rings. The maximum atomic E-state index is 13.2. The normalized spacial score (nSPS) is 38.1. The highest BCUT2D eigenvalue weighted by Gasteiger charge is 2.59. The molecule has 0 bridgehead atoms. The third-order valence-electron chi connectivity index (χ3n) is 10.8. The van der Waals surface area contributed by atoms with Crippen LogP contribution in [0.25, 0.3) is 0 Å². The number of halogens is 1. The number of esters is 2. The van der Waals surface area contributed by atoms with E-state index in [1.807, 2.05) is 20.8 Å². The molecule has 0 aromatic carbocycles. The highest BCUT2D eigenvalue weighted by atomic mass is 79.9. The maximum absolute atomic E-state index is 13.2. The summed E-state index contributed by atoms with van der Waals surface area (Å²) in [5.41, 5.74) is -0.542. The van der Waals surface area contributed by atoms with Gasteiger partial charge in [-0.15, -0.1) is 0 Å². The van der Waals surface area contributed by atoms with Crippen LogP contribution in [-0.2, 0) is 23.5 Å². The van der Waals surface area contributed by atoms with E-state index in [9.17, 15) is 14.7 Å². The Balaban J connectivity index is 1.79. The summed E-state index contributed by atoms with van der Waals surface area (Å²) in [6, 6.07) is 0. The van der Waals surface area contributed by atoms with Crippen molar-refractivity contribution in [1.29, 1.82) is 0 Å². The first-order valence-corrected chi connectivity index (χ1v) is 19.0. The number of rotatable bonds is 8. The highest BCUT2D eigenvalue weighted by Crippen LogP contribution is 2.57. The van der Waals surface area contributed by atoms with Crippen molar-refractivity contribution < 1.29 is 28.6 Å². The second kappa shape index (κ2) is 12.0. The molecule has 0 amide bonds. The van der Waals surface area contributed by atoms with Gasteiger partial charge in [0.05, 0.1) is 28.4 Å². The third kappa shape index (κ3) is 7.14. The van der Waals surface area contributed by atoms with E-state index in [0.29, 0.717) is 25.2 Å². The van der Waals surface area contributed by atoms with E-state index in [-0.39, 0.29) is 53.0 Å². The van der Waals surface area contributed by atoms with Crippen molar-refractivity contribution in [2.45, 2.75) is 154 Å². The van der Waals surface area contributed by atoms with Crippen LogP contribution in [-0.4, -0.2) is 54.1 Å². The minimum Gasteiger partial charge on any atom is -0.462 e. The Morgan fingerprint density at radius 1 is 1.13 bits per heavy atom. The van der Waals surface area contributed by atoms with Gasteiger partial charge in [0.1, 0.15) is 12.2 Å². The van der Waals surface area contributed by atoms with Crippen LogP contribution in [0.1, 0.15) is 107 Å². The van der Waals surface area contributed by atoms with Gasteiger partial charge >= 0.3 is 11.9 Å². The minimum absolute atomic E-state index is 0.00243. The summed E-state index contributed by atoms with van der Waals surface area (Å²) < 4.78 is 18.3. The Bertz CT molecular complexity index is 885. The summed E-state index contributed by atoms with van der Waals surface area (Å²) in [7, 11) is -2.00. The molecule has 39 heavy (non-hydrogen) atoms. The lowest BCUT2D eigenvalue weighted by molar-refractivity contribution is -0.178. The van der Waals surface area contributed by atoms with Gasteiger partial charge in [0, 0.05) is 12.3 Å². The molecule has 226 valence electrons. The molecule has 0 spiro atoms. The van der Waals surface area contributed by atoms with E-state index in [4.69, 9.17) is 13.9 Å². The van der Waals surface area contributed by atoms with E-state index in [1.54, 1.807) is 0 Å². The number of carbonyl (C=O) groups excluding carboxylic acids is 2. The van der Waals surface area contributed by atoms with Crippen molar-refractivity contribution in [2.24, 2.45) is 29.1 Å². The summed E-state index contributed by atoms with van der Waals surface area (Å²) in [6.07, 6.45) is 4.87. The second-order valence-corrected chi connectivity index (χ2v) is 21.3. The lowest BCUT2D eigenvalue weighted by Gasteiger charge is -2.57. The van der Waals surface area contributed by atoms with Crippen molar-refractivity contribution >= 4 is 36.2 Å². The standard InChI is InChI=1S/C31H55BrO6Si/c1-11-30(7,8)28(35)37-24-16-20(3)27(34)31(32)15-14-19(2)23(26(24)31)13-12-21-17-22(18-25(33)36-21)38-39(9,10)29(4,5)6/h19-24,26-27,34H,11-18H2,1-10H3/t19-,20+,21+,22+,23-,24?,26+,27-,31-/m0/s1.